The second-order valence-electron chi connectivity index (χ2n) is 4.82. The molecule has 114 valence electrons. The second-order valence-corrected chi connectivity index (χ2v) is 6.59. The molecule has 0 saturated heterocycles. The summed E-state index contributed by atoms with van der Waals surface area (Å²) in [6.07, 6.45) is 3.04. The predicted octanol–water partition coefficient (Wildman–Crippen LogP) is 2.18. The zero-order valence-electron chi connectivity index (χ0n) is 12.2. The zero-order chi connectivity index (χ0) is 15.3. The Hall–Kier alpha value is -1.63. The summed E-state index contributed by atoms with van der Waals surface area (Å²) >= 11 is 0. The number of aryl methyl sites for hydroxylation is 1. The van der Waals surface area contributed by atoms with Crippen LogP contribution in [0.4, 0.5) is 0 Å². The topological polar surface area (TPSA) is 71.3 Å². The van der Waals surface area contributed by atoms with Crippen LogP contribution in [0, 0.1) is 6.92 Å². The molecule has 0 atom stereocenters. The van der Waals surface area contributed by atoms with Gasteiger partial charge in [0.2, 0.25) is 10.0 Å². The average Bonchev–Trinajstić information content (AvgIpc) is 2.97. The Kier molecular flexibility index (Phi) is 5.17. The van der Waals surface area contributed by atoms with Gasteiger partial charge in [0.05, 0.1) is 17.4 Å². The van der Waals surface area contributed by atoms with Gasteiger partial charge in [-0.3, -0.25) is 0 Å². The lowest BCUT2D eigenvalue weighted by molar-refractivity contribution is 0.561. The van der Waals surface area contributed by atoms with Crippen LogP contribution in [-0.2, 0) is 23.1 Å². The summed E-state index contributed by atoms with van der Waals surface area (Å²) < 4.78 is 32.1. The fraction of sp³-hybridized carbons (Fsp3) is 0.333. The van der Waals surface area contributed by atoms with Gasteiger partial charge >= 0.3 is 0 Å². The van der Waals surface area contributed by atoms with E-state index in [0.717, 1.165) is 23.2 Å². The molecule has 2 aromatic rings. The summed E-state index contributed by atoms with van der Waals surface area (Å²) in [5.41, 5.74) is 2.85. The van der Waals surface area contributed by atoms with E-state index < -0.39 is 10.0 Å². The van der Waals surface area contributed by atoms with Gasteiger partial charge in [0.1, 0.15) is 0 Å². The molecule has 1 heterocycles. The van der Waals surface area contributed by atoms with Crippen LogP contribution in [0.1, 0.15) is 23.6 Å². The van der Waals surface area contributed by atoms with E-state index in [9.17, 15) is 8.42 Å². The number of nitrogens with one attached hydrogen (secondary N) is 2. The molecule has 5 nitrogen and oxygen atoms in total. The van der Waals surface area contributed by atoms with Crippen LogP contribution in [0.5, 0.6) is 0 Å². The Morgan fingerprint density at radius 2 is 2.00 bits per heavy atom. The number of benzene rings is 1. The molecule has 0 amide bonds. The van der Waals surface area contributed by atoms with Crippen LogP contribution in [0.3, 0.4) is 0 Å². The first-order valence-corrected chi connectivity index (χ1v) is 8.32. The Labute approximate surface area is 125 Å². The van der Waals surface area contributed by atoms with Crippen molar-refractivity contribution in [1.29, 1.82) is 0 Å². The predicted molar refractivity (Wildman–Crippen MR) is 81.3 cm³/mol. The highest BCUT2D eigenvalue weighted by Gasteiger charge is 2.15. The van der Waals surface area contributed by atoms with E-state index in [1.807, 2.05) is 19.9 Å². The monoisotopic (exact) mass is 308 g/mol. The number of hydrogen-bond donors (Lipinski definition) is 2. The standard InChI is InChI=1S/C15H20N2O3S/c1-3-16-10-14-8-15(5-4-12(14)2)21(18,19)17-9-13-6-7-20-11-13/h4-8,11,16-17H,3,9-10H2,1-2H3. The molecule has 0 aliphatic heterocycles. The molecule has 21 heavy (non-hydrogen) atoms. The van der Waals surface area contributed by atoms with Gasteiger partial charge in [-0.25, -0.2) is 13.1 Å². The smallest absolute Gasteiger partial charge is 0.240 e. The number of hydrogen-bond acceptors (Lipinski definition) is 4. The Morgan fingerprint density at radius 1 is 1.19 bits per heavy atom. The fourth-order valence-corrected chi connectivity index (χ4v) is 2.99. The van der Waals surface area contributed by atoms with E-state index in [-0.39, 0.29) is 11.4 Å². The zero-order valence-corrected chi connectivity index (χ0v) is 13.0. The van der Waals surface area contributed by atoms with Gasteiger partial charge in [-0.2, -0.15) is 0 Å². The largest absolute Gasteiger partial charge is 0.472 e. The van der Waals surface area contributed by atoms with E-state index in [0.29, 0.717) is 6.54 Å². The van der Waals surface area contributed by atoms with Crippen molar-refractivity contribution >= 4 is 10.0 Å². The van der Waals surface area contributed by atoms with Gasteiger partial charge in [0.15, 0.2) is 0 Å². The highest BCUT2D eigenvalue weighted by atomic mass is 32.2. The van der Waals surface area contributed by atoms with Gasteiger partial charge in [-0.1, -0.05) is 13.0 Å². The van der Waals surface area contributed by atoms with Crippen molar-refractivity contribution in [3.63, 3.8) is 0 Å². The van der Waals surface area contributed by atoms with E-state index in [1.165, 1.54) is 12.5 Å². The molecular formula is C15H20N2O3S. The summed E-state index contributed by atoms with van der Waals surface area (Å²) in [5, 5.41) is 3.21. The summed E-state index contributed by atoms with van der Waals surface area (Å²) in [7, 11) is -3.52. The molecule has 0 unspecified atom stereocenters. The van der Waals surface area contributed by atoms with E-state index in [1.54, 1.807) is 18.2 Å². The molecule has 0 saturated carbocycles. The van der Waals surface area contributed by atoms with Crippen LogP contribution in [-0.4, -0.2) is 15.0 Å². The molecule has 6 heteroatoms. The molecule has 0 aliphatic rings. The van der Waals surface area contributed by atoms with E-state index in [4.69, 9.17) is 4.42 Å². The van der Waals surface area contributed by atoms with Crippen molar-refractivity contribution in [2.45, 2.75) is 31.8 Å². The second kappa shape index (κ2) is 6.89. The Balaban J connectivity index is 2.15. The fourth-order valence-electron chi connectivity index (χ4n) is 1.92. The number of rotatable bonds is 7. The van der Waals surface area contributed by atoms with Crippen molar-refractivity contribution in [1.82, 2.24) is 10.0 Å². The molecule has 1 aromatic carbocycles. The highest BCUT2D eigenvalue weighted by molar-refractivity contribution is 7.89. The third kappa shape index (κ3) is 4.17. The Morgan fingerprint density at radius 3 is 2.67 bits per heavy atom. The molecule has 0 radical (unpaired) electrons. The first-order chi connectivity index (χ1) is 10.0. The summed E-state index contributed by atoms with van der Waals surface area (Å²) in [6, 6.07) is 6.91. The van der Waals surface area contributed by atoms with Gasteiger partial charge < -0.3 is 9.73 Å². The van der Waals surface area contributed by atoms with Crippen LogP contribution in [0.25, 0.3) is 0 Å². The van der Waals surface area contributed by atoms with Gasteiger partial charge in [0, 0.05) is 18.7 Å². The van der Waals surface area contributed by atoms with Crippen molar-refractivity contribution in [2.75, 3.05) is 6.54 Å². The van der Waals surface area contributed by atoms with Crippen molar-refractivity contribution < 1.29 is 12.8 Å². The SMILES string of the molecule is CCNCc1cc(S(=O)(=O)NCc2ccoc2)ccc1C. The van der Waals surface area contributed by atoms with Crippen molar-refractivity contribution in [3.8, 4) is 0 Å². The van der Waals surface area contributed by atoms with Crippen molar-refractivity contribution in [3.05, 3.63) is 53.5 Å². The van der Waals surface area contributed by atoms with E-state index in [2.05, 4.69) is 10.0 Å². The number of sulfonamides is 1. The van der Waals surface area contributed by atoms with Crippen LogP contribution < -0.4 is 10.0 Å². The molecule has 0 spiro atoms. The summed E-state index contributed by atoms with van der Waals surface area (Å²) in [5.74, 6) is 0. The lowest BCUT2D eigenvalue weighted by atomic mass is 10.1. The minimum absolute atomic E-state index is 0.218. The van der Waals surface area contributed by atoms with Gasteiger partial charge in [0.25, 0.3) is 0 Å². The number of furan rings is 1. The van der Waals surface area contributed by atoms with Crippen LogP contribution in [0.2, 0.25) is 0 Å². The maximum Gasteiger partial charge on any atom is 0.240 e. The third-order valence-corrected chi connectivity index (χ3v) is 4.64. The Bertz CT molecular complexity index is 679. The quantitative estimate of drug-likeness (QED) is 0.822. The molecule has 2 rings (SSSR count). The summed E-state index contributed by atoms with van der Waals surface area (Å²) in [6.45, 7) is 5.71. The van der Waals surface area contributed by atoms with Crippen LogP contribution in [0.15, 0.2) is 46.1 Å². The lowest BCUT2D eigenvalue weighted by Crippen LogP contribution is -2.23. The maximum absolute atomic E-state index is 12.3. The van der Waals surface area contributed by atoms with Gasteiger partial charge in [-0.05, 0) is 42.8 Å². The lowest BCUT2D eigenvalue weighted by Gasteiger charge is -2.10. The molecule has 0 aliphatic carbocycles. The average molecular weight is 308 g/mol. The van der Waals surface area contributed by atoms with E-state index >= 15 is 0 Å². The summed E-state index contributed by atoms with van der Waals surface area (Å²) in [4.78, 5) is 0.282. The molecule has 1 aromatic heterocycles. The minimum Gasteiger partial charge on any atom is -0.472 e. The molecule has 2 N–H and O–H groups in total. The first-order valence-electron chi connectivity index (χ1n) is 6.84. The third-order valence-electron chi connectivity index (χ3n) is 3.24. The normalized spacial score (nSPS) is 11.7. The maximum atomic E-state index is 12.3. The highest BCUT2D eigenvalue weighted by Crippen LogP contribution is 2.16. The van der Waals surface area contributed by atoms with Gasteiger partial charge in [-0.15, -0.1) is 0 Å². The molecule has 0 bridgehead atoms. The molecular weight excluding hydrogens is 288 g/mol. The molecule has 0 fully saturated rings. The minimum atomic E-state index is -3.52. The van der Waals surface area contributed by atoms with Crippen molar-refractivity contribution in [2.24, 2.45) is 0 Å². The van der Waals surface area contributed by atoms with Crippen LogP contribution >= 0.6 is 0 Å². The first kappa shape index (κ1) is 15.8.